The fourth-order valence-electron chi connectivity index (χ4n) is 4.22. The second-order valence-electron chi connectivity index (χ2n) is 9.09. The van der Waals surface area contributed by atoms with Gasteiger partial charge in [-0.15, -0.1) is 0 Å². The highest BCUT2D eigenvalue weighted by Crippen LogP contribution is 2.36. The Hall–Kier alpha value is -3.95. The van der Waals surface area contributed by atoms with Crippen LogP contribution in [0.4, 0.5) is 39.5 Å². The third-order valence-electron chi connectivity index (χ3n) is 6.27. The monoisotopic (exact) mass is 568 g/mol. The molecule has 1 nitrogen and oxygen atoms in total. The Balaban J connectivity index is 1.50. The largest absolute Gasteiger partial charge is 0.429 e. The van der Waals surface area contributed by atoms with Gasteiger partial charge in [0, 0.05) is 11.6 Å². The first-order valence-corrected chi connectivity index (χ1v) is 12.2. The molecule has 4 aromatic carbocycles. The minimum Gasteiger partial charge on any atom is -0.429 e. The second-order valence-corrected chi connectivity index (χ2v) is 9.09. The summed E-state index contributed by atoms with van der Waals surface area (Å²) in [5, 5.41) is 0. The lowest BCUT2D eigenvalue weighted by molar-refractivity contribution is -0.187. The predicted octanol–water partition coefficient (Wildman–Crippen LogP) is 9.19. The van der Waals surface area contributed by atoms with Gasteiger partial charge in [-0.1, -0.05) is 31.5 Å². The van der Waals surface area contributed by atoms with Crippen molar-refractivity contribution in [2.75, 3.05) is 0 Å². The Morgan fingerprint density at radius 3 is 1.90 bits per heavy atom. The van der Waals surface area contributed by atoms with Crippen LogP contribution in [0.3, 0.4) is 0 Å². The molecular formula is C30H21F9O. The van der Waals surface area contributed by atoms with Crippen LogP contribution in [-0.2, 0) is 25.4 Å². The molecule has 0 aliphatic carbocycles. The van der Waals surface area contributed by atoms with E-state index in [1.54, 1.807) is 6.92 Å². The first-order valence-electron chi connectivity index (χ1n) is 12.2. The molecule has 0 saturated carbocycles. The van der Waals surface area contributed by atoms with Gasteiger partial charge in [0.05, 0.1) is 0 Å². The fraction of sp³-hybridized carbons (Fsp3) is 0.200. The lowest BCUT2D eigenvalue weighted by atomic mass is 9.99. The molecule has 0 saturated heterocycles. The van der Waals surface area contributed by atoms with E-state index in [1.165, 1.54) is 12.1 Å². The summed E-state index contributed by atoms with van der Waals surface area (Å²) in [7, 11) is 0. The summed E-state index contributed by atoms with van der Waals surface area (Å²) >= 11 is 0. The zero-order valence-electron chi connectivity index (χ0n) is 20.9. The van der Waals surface area contributed by atoms with E-state index in [0.29, 0.717) is 18.6 Å². The number of hydrogen-bond donors (Lipinski definition) is 0. The molecular weight excluding hydrogens is 547 g/mol. The molecule has 0 atom stereocenters. The number of alkyl halides is 2. The summed E-state index contributed by atoms with van der Waals surface area (Å²) < 4.78 is 132. The molecule has 0 fully saturated rings. The Morgan fingerprint density at radius 1 is 0.600 bits per heavy atom. The summed E-state index contributed by atoms with van der Waals surface area (Å²) in [6.07, 6.45) is -3.71. The second kappa shape index (κ2) is 11.7. The van der Waals surface area contributed by atoms with Gasteiger partial charge < -0.3 is 4.74 Å². The van der Waals surface area contributed by atoms with E-state index in [4.69, 9.17) is 0 Å². The lowest BCUT2D eigenvalue weighted by Gasteiger charge is -2.20. The van der Waals surface area contributed by atoms with Crippen LogP contribution in [0.1, 0.15) is 35.6 Å². The first kappa shape index (κ1) is 29.0. The number of ether oxygens (including phenoxy) is 1. The van der Waals surface area contributed by atoms with Crippen LogP contribution in [0, 0.1) is 40.7 Å². The number of rotatable bonds is 9. The number of hydrogen-bond acceptors (Lipinski definition) is 1. The molecule has 10 heteroatoms. The van der Waals surface area contributed by atoms with E-state index in [1.807, 2.05) is 0 Å². The molecule has 0 spiro atoms. The van der Waals surface area contributed by atoms with Crippen LogP contribution in [0.15, 0.2) is 60.7 Å². The Kier molecular flexibility index (Phi) is 8.46. The van der Waals surface area contributed by atoms with Crippen LogP contribution in [-0.4, -0.2) is 0 Å². The van der Waals surface area contributed by atoms with Gasteiger partial charge >= 0.3 is 6.11 Å². The molecule has 210 valence electrons. The summed E-state index contributed by atoms with van der Waals surface area (Å²) in [5.41, 5.74) is -1.28. The van der Waals surface area contributed by atoms with Crippen molar-refractivity contribution >= 4 is 0 Å². The van der Waals surface area contributed by atoms with Crippen molar-refractivity contribution < 1.29 is 44.3 Å². The first-order chi connectivity index (χ1) is 18.9. The molecule has 0 amide bonds. The van der Waals surface area contributed by atoms with Crippen LogP contribution in [0.2, 0.25) is 0 Å². The third-order valence-corrected chi connectivity index (χ3v) is 6.27. The standard InChI is InChI=1S/C30H21F9O/c1-2-3-18-8-11-22(28(36)27(18)35)30(38,39)40-20-9-10-21(24(32)15-20)19-7-6-17(23(31)14-19)5-4-16-12-25(33)29(37)26(34)13-16/h6-15H,2-5H2,1H3. The van der Waals surface area contributed by atoms with Crippen LogP contribution in [0.25, 0.3) is 11.1 Å². The molecule has 4 rings (SSSR count). The Morgan fingerprint density at radius 2 is 1.27 bits per heavy atom. The van der Waals surface area contributed by atoms with Gasteiger partial charge in [0.25, 0.3) is 0 Å². The van der Waals surface area contributed by atoms with E-state index in [2.05, 4.69) is 4.74 Å². The fourth-order valence-corrected chi connectivity index (χ4v) is 4.22. The average molecular weight is 568 g/mol. The highest BCUT2D eigenvalue weighted by Gasteiger charge is 2.39. The number of halogens is 9. The Labute approximate surface area is 223 Å². The molecule has 0 aliphatic heterocycles. The maximum atomic E-state index is 14.8. The van der Waals surface area contributed by atoms with Gasteiger partial charge in [-0.2, -0.15) is 8.78 Å². The highest BCUT2D eigenvalue weighted by molar-refractivity contribution is 5.65. The van der Waals surface area contributed by atoms with Gasteiger partial charge in [-0.05, 0) is 77.9 Å². The van der Waals surface area contributed by atoms with E-state index >= 15 is 0 Å². The molecule has 0 bridgehead atoms. The molecule has 0 radical (unpaired) electrons. The third kappa shape index (κ3) is 6.11. The summed E-state index contributed by atoms with van der Waals surface area (Å²) in [6, 6.07) is 9.65. The molecule has 0 aliphatic rings. The molecule has 40 heavy (non-hydrogen) atoms. The topological polar surface area (TPSA) is 9.23 Å². The van der Waals surface area contributed by atoms with Crippen LogP contribution >= 0.6 is 0 Å². The average Bonchev–Trinajstić information content (AvgIpc) is 2.89. The number of benzene rings is 4. The van der Waals surface area contributed by atoms with E-state index in [0.717, 1.165) is 36.4 Å². The van der Waals surface area contributed by atoms with Crippen molar-refractivity contribution in [3.63, 3.8) is 0 Å². The zero-order valence-corrected chi connectivity index (χ0v) is 20.9. The molecule has 0 aromatic heterocycles. The molecule has 0 N–H and O–H groups in total. The Bertz CT molecular complexity index is 1530. The van der Waals surface area contributed by atoms with Gasteiger partial charge in [-0.3, -0.25) is 0 Å². The smallest absolute Gasteiger partial charge is 0.429 e. The summed E-state index contributed by atoms with van der Waals surface area (Å²) in [5.74, 6) is -10.0. The van der Waals surface area contributed by atoms with Gasteiger partial charge in [0.1, 0.15) is 22.9 Å². The van der Waals surface area contributed by atoms with Crippen LogP contribution < -0.4 is 4.74 Å². The van der Waals surface area contributed by atoms with Crippen molar-refractivity contribution in [1.29, 1.82) is 0 Å². The van der Waals surface area contributed by atoms with E-state index in [9.17, 15) is 39.5 Å². The predicted molar refractivity (Wildman–Crippen MR) is 130 cm³/mol. The highest BCUT2D eigenvalue weighted by atomic mass is 19.3. The van der Waals surface area contributed by atoms with E-state index < -0.39 is 58.1 Å². The summed E-state index contributed by atoms with van der Waals surface area (Å²) in [6.45, 7) is 1.71. The minimum absolute atomic E-state index is 0.00243. The van der Waals surface area contributed by atoms with Crippen molar-refractivity contribution in [3.8, 4) is 16.9 Å². The minimum atomic E-state index is -4.33. The van der Waals surface area contributed by atoms with Crippen molar-refractivity contribution in [2.24, 2.45) is 0 Å². The number of aryl methyl sites for hydroxylation is 3. The van der Waals surface area contributed by atoms with E-state index in [-0.39, 0.29) is 47.1 Å². The SMILES string of the molecule is CCCc1ccc(C(F)(F)Oc2ccc(-c3ccc(CCc4cc(F)c(F)c(F)c4)c(F)c3)c(F)c2)c(F)c1F. The van der Waals surface area contributed by atoms with Gasteiger partial charge in [0.2, 0.25) is 0 Å². The quantitative estimate of drug-likeness (QED) is 0.145. The van der Waals surface area contributed by atoms with Gasteiger partial charge in [0.15, 0.2) is 29.1 Å². The summed E-state index contributed by atoms with van der Waals surface area (Å²) in [4.78, 5) is 0. The van der Waals surface area contributed by atoms with Crippen LogP contribution in [0.5, 0.6) is 5.75 Å². The van der Waals surface area contributed by atoms with Gasteiger partial charge in [-0.25, -0.2) is 30.7 Å². The lowest BCUT2D eigenvalue weighted by Crippen LogP contribution is -2.24. The maximum absolute atomic E-state index is 14.8. The van der Waals surface area contributed by atoms with Crippen molar-refractivity contribution in [2.45, 2.75) is 38.7 Å². The van der Waals surface area contributed by atoms with Crippen molar-refractivity contribution in [3.05, 3.63) is 124 Å². The molecule has 0 unspecified atom stereocenters. The maximum Gasteiger partial charge on any atom is 0.429 e. The van der Waals surface area contributed by atoms with Crippen molar-refractivity contribution in [1.82, 2.24) is 0 Å². The molecule has 0 heterocycles. The zero-order chi connectivity index (χ0) is 29.2. The molecule has 4 aromatic rings. The normalized spacial score (nSPS) is 11.7.